The third-order valence-electron chi connectivity index (χ3n) is 9.50. The van der Waals surface area contributed by atoms with E-state index < -0.39 is 5.91 Å². The number of benzene rings is 5. The van der Waals surface area contributed by atoms with E-state index in [0.29, 0.717) is 47.1 Å². The number of primary amides is 1. The first-order chi connectivity index (χ1) is 28.6. The van der Waals surface area contributed by atoms with Gasteiger partial charge in [0.2, 0.25) is 0 Å². The lowest BCUT2D eigenvalue weighted by molar-refractivity contribution is -0.118. The first kappa shape index (κ1) is 40.2. The molecule has 7 rings (SSSR count). The van der Waals surface area contributed by atoms with Gasteiger partial charge in [-0.05, 0) is 117 Å². The van der Waals surface area contributed by atoms with E-state index in [2.05, 4.69) is 38.1 Å². The van der Waals surface area contributed by atoms with Crippen molar-refractivity contribution in [3.8, 4) is 29.1 Å². The highest BCUT2D eigenvalue weighted by Gasteiger charge is 2.22. The lowest BCUT2D eigenvalue weighted by atomic mass is 10.1. The lowest BCUT2D eigenvalue weighted by Crippen LogP contribution is -2.26. The average molecular weight is 807 g/mol. The van der Waals surface area contributed by atoms with Gasteiger partial charge in [-0.3, -0.25) is 19.4 Å². The number of aromatic nitrogens is 1. The van der Waals surface area contributed by atoms with Gasteiger partial charge in [-0.25, -0.2) is 0 Å². The summed E-state index contributed by atoms with van der Waals surface area (Å²) in [7, 11) is 1.59. The molecule has 0 spiro atoms. The van der Waals surface area contributed by atoms with E-state index in [0.717, 1.165) is 62.5 Å². The van der Waals surface area contributed by atoms with Crippen LogP contribution in [0.25, 0.3) is 10.9 Å². The van der Waals surface area contributed by atoms with Gasteiger partial charge in [0.25, 0.3) is 17.7 Å². The molecule has 1 aliphatic rings. The van der Waals surface area contributed by atoms with Gasteiger partial charge < -0.3 is 41.6 Å². The van der Waals surface area contributed by atoms with Crippen molar-refractivity contribution in [2.45, 2.75) is 36.0 Å². The van der Waals surface area contributed by atoms with Crippen LogP contribution < -0.4 is 36.5 Å². The molecule has 0 saturated carbocycles. The predicted molar refractivity (Wildman–Crippen MR) is 231 cm³/mol. The Balaban J connectivity index is 0.926. The van der Waals surface area contributed by atoms with Crippen LogP contribution in [-0.2, 0) is 11.2 Å². The van der Waals surface area contributed by atoms with Crippen molar-refractivity contribution in [3.63, 3.8) is 0 Å². The molecular weight excluding hydrogens is 765 g/mol. The van der Waals surface area contributed by atoms with Gasteiger partial charge in [0.15, 0.2) is 12.4 Å². The summed E-state index contributed by atoms with van der Waals surface area (Å²) in [6, 6.07) is 29.6. The minimum Gasteiger partial charge on any atom is -0.506 e. The van der Waals surface area contributed by atoms with Crippen LogP contribution >= 0.6 is 11.8 Å². The zero-order chi connectivity index (χ0) is 41.3. The molecule has 0 unspecified atom stereocenters. The Hall–Kier alpha value is -7.01. The fourth-order valence-corrected chi connectivity index (χ4v) is 7.59. The number of amides is 3. The predicted octanol–water partition coefficient (Wildman–Crippen LogP) is 7.80. The Labute approximate surface area is 345 Å². The third kappa shape index (κ3) is 9.93. The molecule has 59 heavy (non-hydrogen) atoms. The highest BCUT2D eigenvalue weighted by Crippen LogP contribution is 2.40. The molecule has 13 heteroatoms. The summed E-state index contributed by atoms with van der Waals surface area (Å²) in [6.45, 7) is 3.41. The van der Waals surface area contributed by atoms with E-state index in [1.54, 1.807) is 19.2 Å². The Morgan fingerprint density at radius 2 is 1.81 bits per heavy atom. The Morgan fingerprint density at radius 3 is 2.63 bits per heavy atom. The highest BCUT2D eigenvalue weighted by molar-refractivity contribution is 7.99. The molecule has 7 N–H and O–H groups in total. The first-order valence-corrected chi connectivity index (χ1v) is 19.8. The van der Waals surface area contributed by atoms with E-state index in [4.69, 9.17) is 15.2 Å². The number of aromatic hydroxyl groups is 1. The fourth-order valence-electron chi connectivity index (χ4n) is 6.58. The van der Waals surface area contributed by atoms with E-state index in [9.17, 15) is 19.5 Å². The summed E-state index contributed by atoms with van der Waals surface area (Å²) in [4.78, 5) is 43.8. The zero-order valence-corrected chi connectivity index (χ0v) is 33.3. The van der Waals surface area contributed by atoms with Crippen LogP contribution in [0, 0.1) is 18.8 Å². The number of methoxy groups -OCH3 is 1. The van der Waals surface area contributed by atoms with Crippen LogP contribution in [0.15, 0.2) is 113 Å². The second-order valence-electron chi connectivity index (χ2n) is 13.8. The quantitative estimate of drug-likeness (QED) is 0.0362. The Bertz CT molecular complexity index is 2620. The third-order valence-corrected chi connectivity index (χ3v) is 10.5. The number of nitrogens with two attached hydrogens (primary N) is 1. The number of nitrogens with one attached hydrogen (secondary N) is 4. The molecule has 1 aromatic heterocycles. The van der Waals surface area contributed by atoms with Crippen LogP contribution in [0.5, 0.6) is 17.2 Å². The molecule has 6 aromatic rings. The van der Waals surface area contributed by atoms with Crippen LogP contribution in [0.3, 0.4) is 0 Å². The molecule has 2 heterocycles. The molecule has 12 nitrogen and oxygen atoms in total. The number of fused-ring (bicyclic) bond motifs is 2. The maximum absolute atomic E-state index is 13.3. The van der Waals surface area contributed by atoms with Crippen molar-refractivity contribution < 1.29 is 29.0 Å². The molecule has 5 aromatic carbocycles. The number of phenolic OH excluding ortho intramolecular Hbond substituents is 1. The van der Waals surface area contributed by atoms with Crippen molar-refractivity contribution in [2.75, 3.05) is 42.8 Å². The fraction of sp³-hybridized carbons (Fsp3) is 0.174. The molecule has 0 bridgehead atoms. The second-order valence-corrected chi connectivity index (χ2v) is 14.9. The van der Waals surface area contributed by atoms with Gasteiger partial charge in [-0.2, -0.15) is 0 Å². The summed E-state index contributed by atoms with van der Waals surface area (Å²) in [5.41, 5.74) is 12.2. The topological polar surface area (TPSA) is 177 Å². The van der Waals surface area contributed by atoms with Gasteiger partial charge in [0.1, 0.15) is 17.2 Å². The molecule has 0 saturated heterocycles. The second kappa shape index (κ2) is 18.5. The van der Waals surface area contributed by atoms with Crippen LogP contribution in [0.2, 0.25) is 0 Å². The number of carbonyl (C=O) groups is 3. The number of nitrogens with zero attached hydrogens (tertiary/aromatic N) is 1. The average Bonchev–Trinajstić information content (AvgIpc) is 3.23. The molecule has 0 radical (unpaired) electrons. The summed E-state index contributed by atoms with van der Waals surface area (Å²) < 4.78 is 10.9. The van der Waals surface area contributed by atoms with Gasteiger partial charge in [0.05, 0.1) is 23.9 Å². The van der Waals surface area contributed by atoms with Gasteiger partial charge in [-0.15, -0.1) is 0 Å². The van der Waals surface area contributed by atoms with Crippen molar-refractivity contribution in [1.82, 2.24) is 10.3 Å². The molecule has 3 amide bonds. The summed E-state index contributed by atoms with van der Waals surface area (Å²) in [5.74, 6) is 6.46. The number of aryl methyl sites for hydroxylation is 1. The van der Waals surface area contributed by atoms with E-state index >= 15 is 0 Å². The number of hydrogen-bond acceptors (Lipinski definition) is 10. The molecule has 298 valence electrons. The maximum atomic E-state index is 13.3. The van der Waals surface area contributed by atoms with Gasteiger partial charge in [-0.1, -0.05) is 41.8 Å². The van der Waals surface area contributed by atoms with Crippen molar-refractivity contribution in [1.29, 1.82) is 0 Å². The number of phenols is 1. The number of pyridine rings is 1. The Kier molecular flexibility index (Phi) is 12.6. The largest absolute Gasteiger partial charge is 0.506 e. The molecule has 0 atom stereocenters. The maximum Gasteiger partial charge on any atom is 0.262 e. The minimum atomic E-state index is -0.600. The summed E-state index contributed by atoms with van der Waals surface area (Å²) in [5, 5.41) is 23.2. The normalized spacial score (nSPS) is 11.7. The molecule has 0 fully saturated rings. The molecule has 0 aliphatic carbocycles. The van der Waals surface area contributed by atoms with Crippen molar-refractivity contribution >= 4 is 63.1 Å². The SMILES string of the molecule is COc1cccc(Nc2c(C(N)=O)cnc3c(C)cc(Sc4cccc(C(=O)Nc5ccc(C#CCCCNCCc6ccc(O)c7c6OCC(=O)N7)cc5)c4)cc23)c1. The minimum absolute atomic E-state index is 0.00832. The first-order valence-electron chi connectivity index (χ1n) is 19.0. The van der Waals surface area contributed by atoms with Crippen LogP contribution in [-0.4, -0.2) is 54.6 Å². The smallest absolute Gasteiger partial charge is 0.262 e. The van der Waals surface area contributed by atoms with E-state index in [1.165, 1.54) is 18.0 Å². The monoisotopic (exact) mass is 806 g/mol. The number of unbranched alkanes of at least 4 members (excludes halogenated alkanes) is 1. The Morgan fingerprint density at radius 1 is 0.983 bits per heavy atom. The lowest BCUT2D eigenvalue weighted by Gasteiger charge is -2.21. The molecular formula is C46H42N6O6S. The number of anilines is 4. The molecule has 1 aliphatic heterocycles. The number of ether oxygens (including phenoxy) is 2. The van der Waals surface area contributed by atoms with E-state index in [-0.39, 0.29) is 29.7 Å². The van der Waals surface area contributed by atoms with Crippen LogP contribution in [0.1, 0.15) is 50.2 Å². The highest BCUT2D eigenvalue weighted by atomic mass is 32.2. The number of hydrogen-bond donors (Lipinski definition) is 6. The van der Waals surface area contributed by atoms with E-state index in [1.807, 2.05) is 91.9 Å². The van der Waals surface area contributed by atoms with Crippen molar-refractivity contribution in [2.24, 2.45) is 5.73 Å². The zero-order valence-electron chi connectivity index (χ0n) is 32.5. The van der Waals surface area contributed by atoms with Crippen LogP contribution in [0.4, 0.5) is 22.7 Å². The number of carbonyl (C=O) groups excluding carboxylic acids is 3. The summed E-state index contributed by atoms with van der Waals surface area (Å²) in [6.07, 6.45) is 3.77. The summed E-state index contributed by atoms with van der Waals surface area (Å²) >= 11 is 1.50. The van der Waals surface area contributed by atoms with Gasteiger partial charge in [0, 0.05) is 56.4 Å². The standard InChI is InChI=1S/C46H42N6O6S/c1-28-22-36(25-37-41(28)49-26-38(45(47)55)42(37)50-33-10-7-11-34(24-33)57-2)59-35-12-6-9-31(23-35)46(56)51-32-16-13-29(14-17-32)8-4-3-5-20-48-21-19-30-15-18-39(53)43-44(30)58-27-40(54)52-43/h6-7,9-18,22-26,48,53H,3,5,19-21,27H2,1-2H3,(H2,47,55)(H,49,50)(H,51,56)(H,52,54). The van der Waals surface area contributed by atoms with Gasteiger partial charge >= 0.3 is 0 Å². The number of rotatable bonds is 14. The van der Waals surface area contributed by atoms with Crippen molar-refractivity contribution in [3.05, 3.63) is 131 Å².